The number of carbonyl (C=O) groups is 2. The van der Waals surface area contributed by atoms with Crippen LogP contribution in [0.5, 0.6) is 5.75 Å². The van der Waals surface area contributed by atoms with Crippen LogP contribution in [0.25, 0.3) is 22.2 Å². The number of hydrogen-bond acceptors (Lipinski definition) is 8. The number of rotatable bonds is 6. The minimum atomic E-state index is -0.893. The number of aryl methyl sites for hydroxylation is 1. The molecule has 5 rings (SSSR count). The first kappa shape index (κ1) is 27.4. The van der Waals surface area contributed by atoms with E-state index in [1.807, 2.05) is 6.92 Å². The summed E-state index contributed by atoms with van der Waals surface area (Å²) in [6, 6.07) is 4.44. The Bertz CT molecular complexity index is 1720. The summed E-state index contributed by atoms with van der Waals surface area (Å²) in [5, 5.41) is 13.3. The second kappa shape index (κ2) is 10.8. The van der Waals surface area contributed by atoms with Crippen LogP contribution in [0.2, 0.25) is 10.0 Å². The molecule has 4 heterocycles. The van der Waals surface area contributed by atoms with E-state index in [4.69, 9.17) is 33.7 Å². The predicted octanol–water partition coefficient (Wildman–Crippen LogP) is 2.77. The molecule has 14 heteroatoms. The summed E-state index contributed by atoms with van der Waals surface area (Å²) in [7, 11) is 1.54. The molecule has 0 bridgehead atoms. The van der Waals surface area contributed by atoms with Gasteiger partial charge in [0.15, 0.2) is 0 Å². The number of nitrogens with two attached hydrogens (primary N) is 1. The number of nitrogens with zero attached hydrogens (tertiary/aromatic N) is 5. The largest absolute Gasteiger partial charge is 0.506 e. The Kier molecular flexibility index (Phi) is 7.41. The molecule has 2 amide bonds. The summed E-state index contributed by atoms with van der Waals surface area (Å²) in [4.78, 5) is 49.0. The van der Waals surface area contributed by atoms with Crippen molar-refractivity contribution in [2.75, 3.05) is 29.9 Å². The number of phenols is 1. The summed E-state index contributed by atoms with van der Waals surface area (Å²) in [5.41, 5.74) is 6.12. The van der Waals surface area contributed by atoms with Gasteiger partial charge in [0.2, 0.25) is 5.91 Å². The number of carbonyl (C=O) groups excluding carboxylic acids is 2. The van der Waals surface area contributed by atoms with Gasteiger partial charge >= 0.3 is 0 Å². The third-order valence-corrected chi connectivity index (χ3v) is 7.16. The minimum absolute atomic E-state index is 0.0446. The normalized spacial score (nSPS) is 15.4. The first-order valence-electron chi connectivity index (χ1n) is 12.2. The SMILES string of the molecule is C[C@H]1CN(c2cc(NC(=O)Cn3cc(-c4cc(Cl)c(O)c(C(N)=O)c4)c4c(=O)n(C)cnc43)c(Cl)cn2)CCO1. The number of aromatic hydroxyl groups is 1. The van der Waals surface area contributed by atoms with Crippen molar-refractivity contribution >= 4 is 57.6 Å². The number of anilines is 2. The highest BCUT2D eigenvalue weighted by molar-refractivity contribution is 6.34. The van der Waals surface area contributed by atoms with Crippen LogP contribution < -0.4 is 21.5 Å². The fraction of sp³-hybridized carbons (Fsp3) is 0.269. The summed E-state index contributed by atoms with van der Waals surface area (Å²) in [6.45, 7) is 3.63. The topological polar surface area (TPSA) is 158 Å². The molecule has 0 spiro atoms. The van der Waals surface area contributed by atoms with Crippen molar-refractivity contribution in [1.82, 2.24) is 19.1 Å². The zero-order valence-electron chi connectivity index (χ0n) is 21.5. The highest BCUT2D eigenvalue weighted by Crippen LogP contribution is 2.36. The van der Waals surface area contributed by atoms with E-state index >= 15 is 0 Å². The van der Waals surface area contributed by atoms with Gasteiger partial charge in [-0.05, 0) is 24.6 Å². The summed E-state index contributed by atoms with van der Waals surface area (Å²) in [6.07, 6.45) is 4.42. The number of primary amides is 1. The van der Waals surface area contributed by atoms with E-state index in [0.29, 0.717) is 42.3 Å². The van der Waals surface area contributed by atoms with Gasteiger partial charge in [0, 0.05) is 38.0 Å². The maximum Gasteiger partial charge on any atom is 0.263 e. The lowest BCUT2D eigenvalue weighted by atomic mass is 10.0. The molecule has 0 unspecified atom stereocenters. The third-order valence-electron chi connectivity index (χ3n) is 6.57. The van der Waals surface area contributed by atoms with Crippen molar-refractivity contribution in [2.45, 2.75) is 19.6 Å². The fourth-order valence-electron chi connectivity index (χ4n) is 4.61. The van der Waals surface area contributed by atoms with E-state index in [0.717, 1.165) is 0 Å². The van der Waals surface area contributed by atoms with Gasteiger partial charge < -0.3 is 34.9 Å². The lowest BCUT2D eigenvalue weighted by Crippen LogP contribution is -2.41. The van der Waals surface area contributed by atoms with E-state index in [2.05, 4.69) is 20.2 Å². The van der Waals surface area contributed by atoms with Crippen molar-refractivity contribution in [1.29, 1.82) is 0 Å². The zero-order chi connectivity index (χ0) is 28.7. The first-order valence-corrected chi connectivity index (χ1v) is 13.0. The second-order valence-electron chi connectivity index (χ2n) is 9.45. The number of pyridine rings is 1. The van der Waals surface area contributed by atoms with Crippen LogP contribution in [-0.4, -0.2) is 61.8 Å². The Hall–Kier alpha value is -4.13. The third kappa shape index (κ3) is 5.20. The summed E-state index contributed by atoms with van der Waals surface area (Å²) in [5.74, 6) is -1.13. The van der Waals surface area contributed by atoms with Gasteiger partial charge in [-0.2, -0.15) is 0 Å². The maximum absolute atomic E-state index is 13.2. The lowest BCUT2D eigenvalue weighted by molar-refractivity contribution is -0.116. The number of ether oxygens (including phenoxy) is 1. The monoisotopic (exact) mass is 585 g/mol. The highest BCUT2D eigenvalue weighted by atomic mass is 35.5. The van der Waals surface area contributed by atoms with Crippen molar-refractivity contribution in [3.8, 4) is 16.9 Å². The van der Waals surface area contributed by atoms with E-state index in [1.165, 1.54) is 33.8 Å². The van der Waals surface area contributed by atoms with Gasteiger partial charge in [-0.1, -0.05) is 23.2 Å². The molecule has 1 saturated heterocycles. The molecule has 1 aliphatic rings. The minimum Gasteiger partial charge on any atom is -0.506 e. The molecule has 0 saturated carbocycles. The van der Waals surface area contributed by atoms with Gasteiger partial charge in [0.05, 0.1) is 51.9 Å². The average molecular weight is 586 g/mol. The van der Waals surface area contributed by atoms with E-state index in [9.17, 15) is 19.5 Å². The van der Waals surface area contributed by atoms with Gasteiger partial charge in [0.25, 0.3) is 11.5 Å². The number of morpholine rings is 1. The number of fused-ring (bicyclic) bond motifs is 1. The number of aromatic nitrogens is 4. The molecule has 4 N–H and O–H groups in total. The molecule has 1 atom stereocenters. The number of hydrogen-bond donors (Lipinski definition) is 3. The van der Waals surface area contributed by atoms with Crippen LogP contribution in [0.3, 0.4) is 0 Å². The molecule has 40 heavy (non-hydrogen) atoms. The molecule has 12 nitrogen and oxygen atoms in total. The summed E-state index contributed by atoms with van der Waals surface area (Å²) >= 11 is 12.5. The van der Waals surface area contributed by atoms with Crippen LogP contribution in [0.15, 0.2) is 41.7 Å². The Balaban J connectivity index is 1.50. The highest BCUT2D eigenvalue weighted by Gasteiger charge is 2.22. The Morgan fingerprint density at radius 2 is 2.00 bits per heavy atom. The van der Waals surface area contributed by atoms with Crippen molar-refractivity contribution < 1.29 is 19.4 Å². The number of nitrogens with one attached hydrogen (secondary N) is 1. The molecular weight excluding hydrogens is 561 g/mol. The van der Waals surface area contributed by atoms with Crippen LogP contribution in [-0.2, 0) is 23.1 Å². The molecule has 1 aromatic carbocycles. The van der Waals surface area contributed by atoms with Crippen LogP contribution >= 0.6 is 23.2 Å². The van der Waals surface area contributed by atoms with Crippen molar-refractivity contribution in [2.24, 2.45) is 12.8 Å². The van der Waals surface area contributed by atoms with E-state index in [-0.39, 0.29) is 44.9 Å². The van der Waals surface area contributed by atoms with Crippen molar-refractivity contribution in [3.05, 3.63) is 62.9 Å². The Morgan fingerprint density at radius 1 is 1.23 bits per heavy atom. The zero-order valence-corrected chi connectivity index (χ0v) is 23.0. The maximum atomic E-state index is 13.2. The quantitative estimate of drug-likeness (QED) is 0.311. The first-order chi connectivity index (χ1) is 19.0. The Labute approximate surface area is 237 Å². The molecule has 0 aliphatic carbocycles. The summed E-state index contributed by atoms with van der Waals surface area (Å²) < 4.78 is 8.38. The molecule has 0 radical (unpaired) electrons. The standard InChI is InChI=1S/C26H25Cl2N7O5/c1-13-9-34(3-4-40-13)20-7-19(18(28)8-30-20)32-21(36)11-35-10-16(22-25(35)31-12-33(2)26(22)39)14-5-15(24(29)38)23(37)17(27)6-14/h5-8,10,12-13,37H,3-4,9,11H2,1-2H3,(H2,29,38)(H,30,32,36)/t13-/m0/s1. The smallest absolute Gasteiger partial charge is 0.263 e. The molecule has 208 valence electrons. The second-order valence-corrected chi connectivity index (χ2v) is 10.3. The van der Waals surface area contributed by atoms with E-state index < -0.39 is 17.6 Å². The van der Waals surface area contributed by atoms with Crippen LogP contribution in [0.4, 0.5) is 11.5 Å². The van der Waals surface area contributed by atoms with Gasteiger partial charge in [-0.25, -0.2) is 9.97 Å². The van der Waals surface area contributed by atoms with Gasteiger partial charge in [0.1, 0.15) is 23.8 Å². The van der Waals surface area contributed by atoms with Crippen LogP contribution in [0, 0.1) is 0 Å². The van der Waals surface area contributed by atoms with Gasteiger partial charge in [-0.3, -0.25) is 14.4 Å². The lowest BCUT2D eigenvalue weighted by Gasteiger charge is -2.32. The average Bonchev–Trinajstić information content (AvgIpc) is 3.27. The molecule has 3 aromatic heterocycles. The fourth-order valence-corrected chi connectivity index (χ4v) is 4.98. The molecule has 1 aliphatic heterocycles. The molecule has 1 fully saturated rings. The number of amides is 2. The van der Waals surface area contributed by atoms with E-state index in [1.54, 1.807) is 19.3 Å². The van der Waals surface area contributed by atoms with Gasteiger partial charge in [-0.15, -0.1) is 0 Å². The van der Waals surface area contributed by atoms with Crippen LogP contribution in [0.1, 0.15) is 17.3 Å². The Morgan fingerprint density at radius 3 is 2.73 bits per heavy atom. The van der Waals surface area contributed by atoms with Crippen molar-refractivity contribution in [3.63, 3.8) is 0 Å². The number of benzene rings is 1. The molecule has 4 aromatic rings. The predicted molar refractivity (Wildman–Crippen MR) is 151 cm³/mol. The molecular formula is C26H25Cl2N7O5. The number of halogens is 2.